The molecule has 2 aliphatic heterocycles. The molecule has 2 fully saturated rings. The van der Waals surface area contributed by atoms with Crippen LogP contribution in [-0.2, 0) is 18.9 Å². The lowest BCUT2D eigenvalue weighted by Gasteiger charge is -2.43. The minimum absolute atomic E-state index is 0.278. The summed E-state index contributed by atoms with van der Waals surface area (Å²) in [5.41, 5.74) is 1.70. The number of hydrogen-bond acceptors (Lipinski definition) is 6. The van der Waals surface area contributed by atoms with Gasteiger partial charge in [0.05, 0.1) is 45.1 Å². The maximum atomic E-state index is 6.06. The molecule has 2 aromatic rings. The Morgan fingerprint density at radius 3 is 1.33 bits per heavy atom. The van der Waals surface area contributed by atoms with Gasteiger partial charge in [-0.25, -0.2) is 0 Å². The van der Waals surface area contributed by atoms with Gasteiger partial charge in [-0.3, -0.25) is 0 Å². The molecule has 0 radical (unpaired) electrons. The molecule has 0 aromatic heterocycles. The molecular formula is C27H36O6. The SMILES string of the molecule is CCCCOc1ccc(C2OCC3(CO2)COC(c2ccc(OCCCC)cc2)OC3)cc1. The first-order chi connectivity index (χ1) is 16.2. The van der Waals surface area contributed by atoms with Crippen molar-refractivity contribution in [1.29, 1.82) is 0 Å². The van der Waals surface area contributed by atoms with Crippen molar-refractivity contribution in [3.8, 4) is 11.5 Å². The summed E-state index contributed by atoms with van der Waals surface area (Å²) in [4.78, 5) is 0. The highest BCUT2D eigenvalue weighted by molar-refractivity contribution is 5.29. The average Bonchev–Trinajstić information content (AvgIpc) is 2.86. The fraction of sp³-hybridized carbons (Fsp3) is 0.556. The van der Waals surface area contributed by atoms with Crippen LogP contribution >= 0.6 is 0 Å². The maximum Gasteiger partial charge on any atom is 0.183 e. The standard InChI is InChI=1S/C27H36O6/c1-3-5-15-28-23-11-7-21(8-12-23)25-30-17-27(18-31-25)19-32-26(33-20-27)22-9-13-24(14-10-22)29-16-6-4-2/h7-14,25-26H,3-6,15-20H2,1-2H3. The number of benzene rings is 2. The van der Waals surface area contributed by atoms with Crippen molar-refractivity contribution >= 4 is 0 Å². The lowest BCUT2D eigenvalue weighted by Crippen LogP contribution is -2.49. The molecule has 6 heteroatoms. The average molecular weight is 457 g/mol. The van der Waals surface area contributed by atoms with Crippen LogP contribution in [-0.4, -0.2) is 39.6 Å². The van der Waals surface area contributed by atoms with Crippen LogP contribution in [0.5, 0.6) is 11.5 Å². The summed E-state index contributed by atoms with van der Waals surface area (Å²) in [7, 11) is 0. The maximum absolute atomic E-state index is 6.06. The second kappa shape index (κ2) is 11.8. The highest BCUT2D eigenvalue weighted by atomic mass is 16.7. The molecule has 0 bridgehead atoms. The minimum atomic E-state index is -0.377. The number of rotatable bonds is 10. The van der Waals surface area contributed by atoms with E-state index >= 15 is 0 Å². The van der Waals surface area contributed by atoms with Crippen LogP contribution in [0.2, 0.25) is 0 Å². The molecule has 4 rings (SSSR count). The lowest BCUT2D eigenvalue weighted by molar-refractivity contribution is -0.307. The van der Waals surface area contributed by atoms with Crippen molar-refractivity contribution in [2.45, 2.75) is 52.1 Å². The fourth-order valence-corrected chi connectivity index (χ4v) is 3.85. The van der Waals surface area contributed by atoms with E-state index in [-0.39, 0.29) is 18.0 Å². The van der Waals surface area contributed by atoms with Crippen molar-refractivity contribution in [3.05, 3.63) is 59.7 Å². The Kier molecular flexibility index (Phi) is 8.62. The van der Waals surface area contributed by atoms with Crippen molar-refractivity contribution in [1.82, 2.24) is 0 Å². The van der Waals surface area contributed by atoms with Crippen LogP contribution in [0.3, 0.4) is 0 Å². The molecular weight excluding hydrogens is 420 g/mol. The topological polar surface area (TPSA) is 55.4 Å². The van der Waals surface area contributed by atoms with E-state index in [0.717, 1.165) is 61.5 Å². The van der Waals surface area contributed by atoms with Gasteiger partial charge in [-0.15, -0.1) is 0 Å². The Bertz CT molecular complexity index is 744. The van der Waals surface area contributed by atoms with E-state index < -0.39 is 0 Å². The number of hydrogen-bond donors (Lipinski definition) is 0. The lowest BCUT2D eigenvalue weighted by atomic mass is 9.90. The summed E-state index contributed by atoms with van der Waals surface area (Å²) < 4.78 is 35.7. The van der Waals surface area contributed by atoms with Gasteiger partial charge in [0, 0.05) is 11.1 Å². The number of unbranched alkanes of at least 4 members (excludes halogenated alkanes) is 2. The van der Waals surface area contributed by atoms with Gasteiger partial charge in [0.25, 0.3) is 0 Å². The highest BCUT2D eigenvalue weighted by Crippen LogP contribution is 2.38. The van der Waals surface area contributed by atoms with Gasteiger partial charge in [-0.05, 0) is 37.1 Å². The molecule has 6 nitrogen and oxygen atoms in total. The fourth-order valence-electron chi connectivity index (χ4n) is 3.85. The summed E-state index contributed by atoms with van der Waals surface area (Å²) >= 11 is 0. The molecule has 0 atom stereocenters. The molecule has 0 saturated carbocycles. The molecule has 1 spiro atoms. The zero-order chi connectivity index (χ0) is 22.9. The summed E-state index contributed by atoms with van der Waals surface area (Å²) in [6.07, 6.45) is 3.61. The molecule has 2 heterocycles. The van der Waals surface area contributed by atoms with Crippen molar-refractivity contribution in [2.24, 2.45) is 5.41 Å². The molecule has 2 saturated heterocycles. The zero-order valence-corrected chi connectivity index (χ0v) is 19.8. The van der Waals surface area contributed by atoms with Gasteiger partial charge in [0.15, 0.2) is 12.6 Å². The second-order valence-electron chi connectivity index (χ2n) is 8.95. The van der Waals surface area contributed by atoms with E-state index in [1.165, 1.54) is 0 Å². The van der Waals surface area contributed by atoms with Gasteiger partial charge in [0.2, 0.25) is 0 Å². The second-order valence-corrected chi connectivity index (χ2v) is 8.95. The third-order valence-electron chi connectivity index (χ3n) is 6.00. The van der Waals surface area contributed by atoms with Crippen LogP contribution in [0, 0.1) is 5.41 Å². The van der Waals surface area contributed by atoms with E-state index in [1.54, 1.807) is 0 Å². The van der Waals surface area contributed by atoms with E-state index in [2.05, 4.69) is 13.8 Å². The third kappa shape index (κ3) is 6.48. The Balaban J connectivity index is 1.23. The predicted molar refractivity (Wildman–Crippen MR) is 125 cm³/mol. The van der Waals surface area contributed by atoms with E-state index in [9.17, 15) is 0 Å². The summed E-state index contributed by atoms with van der Waals surface area (Å²) in [6, 6.07) is 15.9. The van der Waals surface area contributed by atoms with Gasteiger partial charge in [0.1, 0.15) is 11.5 Å². The van der Waals surface area contributed by atoms with Crippen LogP contribution in [0.15, 0.2) is 48.5 Å². The Morgan fingerprint density at radius 2 is 1.00 bits per heavy atom. The molecule has 0 N–H and O–H groups in total. The normalized spacial score (nSPS) is 25.2. The minimum Gasteiger partial charge on any atom is -0.494 e. The summed E-state index contributed by atoms with van der Waals surface area (Å²) in [6.45, 7) is 7.92. The van der Waals surface area contributed by atoms with Crippen molar-refractivity contribution in [2.75, 3.05) is 39.6 Å². The monoisotopic (exact) mass is 456 g/mol. The van der Waals surface area contributed by atoms with Gasteiger partial charge in [-0.2, -0.15) is 0 Å². The van der Waals surface area contributed by atoms with Gasteiger partial charge in [-0.1, -0.05) is 51.0 Å². The van der Waals surface area contributed by atoms with E-state index in [1.807, 2.05) is 48.5 Å². The van der Waals surface area contributed by atoms with Crippen LogP contribution in [0.1, 0.15) is 63.2 Å². The Labute approximate surface area is 197 Å². The molecule has 33 heavy (non-hydrogen) atoms. The highest BCUT2D eigenvalue weighted by Gasteiger charge is 2.42. The van der Waals surface area contributed by atoms with Crippen molar-refractivity contribution in [3.63, 3.8) is 0 Å². The van der Waals surface area contributed by atoms with Crippen LogP contribution in [0.4, 0.5) is 0 Å². The molecule has 0 unspecified atom stereocenters. The zero-order valence-electron chi connectivity index (χ0n) is 19.8. The molecule has 2 aromatic carbocycles. The van der Waals surface area contributed by atoms with Crippen molar-refractivity contribution < 1.29 is 28.4 Å². The quantitative estimate of drug-likeness (QED) is 0.420. The van der Waals surface area contributed by atoms with E-state index in [4.69, 9.17) is 28.4 Å². The Hall–Kier alpha value is -2.12. The predicted octanol–water partition coefficient (Wildman–Crippen LogP) is 5.82. The van der Waals surface area contributed by atoms with Crippen LogP contribution < -0.4 is 9.47 Å². The number of ether oxygens (including phenoxy) is 6. The van der Waals surface area contributed by atoms with Gasteiger partial charge >= 0.3 is 0 Å². The first-order valence-corrected chi connectivity index (χ1v) is 12.1. The third-order valence-corrected chi connectivity index (χ3v) is 6.00. The molecule has 0 aliphatic carbocycles. The molecule has 0 amide bonds. The first-order valence-electron chi connectivity index (χ1n) is 12.1. The molecule has 180 valence electrons. The Morgan fingerprint density at radius 1 is 0.636 bits per heavy atom. The molecule has 2 aliphatic rings. The largest absolute Gasteiger partial charge is 0.494 e. The smallest absolute Gasteiger partial charge is 0.183 e. The summed E-state index contributed by atoms with van der Waals surface area (Å²) in [5.74, 6) is 1.75. The van der Waals surface area contributed by atoms with Gasteiger partial charge < -0.3 is 28.4 Å². The van der Waals surface area contributed by atoms with E-state index in [0.29, 0.717) is 26.4 Å². The first kappa shape index (κ1) is 24.0. The summed E-state index contributed by atoms with van der Waals surface area (Å²) in [5, 5.41) is 0. The van der Waals surface area contributed by atoms with Crippen LogP contribution in [0.25, 0.3) is 0 Å².